The minimum Gasteiger partial charge on any atom is -0.380 e. The van der Waals surface area contributed by atoms with Gasteiger partial charge in [0.1, 0.15) is 0 Å². The predicted molar refractivity (Wildman–Crippen MR) is 75.2 cm³/mol. The summed E-state index contributed by atoms with van der Waals surface area (Å²) in [6.45, 7) is 2.91. The van der Waals surface area contributed by atoms with Crippen molar-refractivity contribution in [1.29, 1.82) is 0 Å². The van der Waals surface area contributed by atoms with Gasteiger partial charge in [0, 0.05) is 18.1 Å². The summed E-state index contributed by atoms with van der Waals surface area (Å²) in [4.78, 5) is 0. The average molecular weight is 266 g/mol. The second kappa shape index (κ2) is 4.75. The number of anilines is 1. The highest BCUT2D eigenvalue weighted by Gasteiger charge is 2.58. The van der Waals surface area contributed by atoms with Crippen molar-refractivity contribution in [3.8, 4) is 0 Å². The van der Waals surface area contributed by atoms with Gasteiger partial charge >= 0.3 is 0 Å². The van der Waals surface area contributed by atoms with E-state index in [1.807, 2.05) is 18.2 Å². The Bertz CT molecular complexity index is 430. The SMILES string of the molecule is CCOC1CC(Nc2ccccc2Cl)C12CCC2. The molecule has 3 heteroatoms. The lowest BCUT2D eigenvalue weighted by molar-refractivity contribution is -0.157. The molecule has 98 valence electrons. The minimum atomic E-state index is 0.384. The molecular weight excluding hydrogens is 246 g/mol. The molecule has 1 spiro atoms. The highest BCUT2D eigenvalue weighted by molar-refractivity contribution is 6.33. The van der Waals surface area contributed by atoms with E-state index in [0.29, 0.717) is 17.6 Å². The fourth-order valence-electron chi connectivity index (χ4n) is 3.41. The molecule has 2 unspecified atom stereocenters. The number of rotatable bonds is 4. The van der Waals surface area contributed by atoms with Crippen LogP contribution in [-0.4, -0.2) is 18.8 Å². The van der Waals surface area contributed by atoms with Gasteiger partial charge in [-0.2, -0.15) is 0 Å². The van der Waals surface area contributed by atoms with Crippen LogP contribution >= 0.6 is 11.6 Å². The highest BCUT2D eigenvalue weighted by Crippen LogP contribution is 2.58. The lowest BCUT2D eigenvalue weighted by Gasteiger charge is -2.61. The standard InChI is InChI=1S/C15H20ClNO/c1-2-18-14-10-13(15(14)8-5-9-15)17-12-7-4-3-6-11(12)16/h3-4,6-7,13-14,17H,2,5,8-10H2,1H3. The summed E-state index contributed by atoms with van der Waals surface area (Å²) in [5, 5.41) is 4.43. The van der Waals surface area contributed by atoms with Gasteiger partial charge in [-0.1, -0.05) is 30.2 Å². The van der Waals surface area contributed by atoms with Crippen LogP contribution in [-0.2, 0) is 4.74 Å². The molecule has 0 aromatic heterocycles. The quantitative estimate of drug-likeness (QED) is 0.885. The monoisotopic (exact) mass is 265 g/mol. The van der Waals surface area contributed by atoms with Crippen LogP contribution in [0.1, 0.15) is 32.6 Å². The van der Waals surface area contributed by atoms with Crippen molar-refractivity contribution in [1.82, 2.24) is 0 Å². The van der Waals surface area contributed by atoms with Gasteiger partial charge in [-0.15, -0.1) is 0 Å². The zero-order chi connectivity index (χ0) is 12.6. The van der Waals surface area contributed by atoms with Crippen molar-refractivity contribution in [2.75, 3.05) is 11.9 Å². The van der Waals surface area contributed by atoms with E-state index in [2.05, 4.69) is 18.3 Å². The van der Waals surface area contributed by atoms with E-state index in [1.165, 1.54) is 19.3 Å². The average Bonchev–Trinajstić information content (AvgIpc) is 2.28. The maximum Gasteiger partial charge on any atom is 0.0670 e. The second-order valence-electron chi connectivity index (χ2n) is 5.44. The van der Waals surface area contributed by atoms with Gasteiger partial charge in [-0.05, 0) is 38.3 Å². The van der Waals surface area contributed by atoms with Crippen LogP contribution in [0.4, 0.5) is 5.69 Å². The molecule has 2 fully saturated rings. The molecule has 0 bridgehead atoms. The summed E-state index contributed by atoms with van der Waals surface area (Å²) < 4.78 is 5.86. The van der Waals surface area contributed by atoms with E-state index in [4.69, 9.17) is 16.3 Å². The number of halogens is 1. The Hall–Kier alpha value is -0.730. The van der Waals surface area contributed by atoms with Gasteiger partial charge in [0.2, 0.25) is 0 Å². The summed E-state index contributed by atoms with van der Waals surface area (Å²) >= 11 is 6.21. The first-order chi connectivity index (χ1) is 8.76. The molecule has 2 saturated carbocycles. The largest absolute Gasteiger partial charge is 0.380 e. The Morgan fingerprint density at radius 3 is 2.78 bits per heavy atom. The fourth-order valence-corrected chi connectivity index (χ4v) is 3.60. The van der Waals surface area contributed by atoms with Crippen LogP contribution in [0.15, 0.2) is 24.3 Å². The van der Waals surface area contributed by atoms with Crippen LogP contribution < -0.4 is 5.32 Å². The Kier molecular flexibility index (Phi) is 3.25. The number of hydrogen-bond acceptors (Lipinski definition) is 2. The maximum absolute atomic E-state index is 6.21. The maximum atomic E-state index is 6.21. The molecular formula is C15H20ClNO. The number of benzene rings is 1. The van der Waals surface area contributed by atoms with Gasteiger partial charge in [0.05, 0.1) is 16.8 Å². The molecule has 1 N–H and O–H groups in total. The zero-order valence-corrected chi connectivity index (χ0v) is 11.5. The van der Waals surface area contributed by atoms with Crippen LogP contribution in [0.25, 0.3) is 0 Å². The molecule has 0 radical (unpaired) electrons. The number of hydrogen-bond donors (Lipinski definition) is 1. The molecule has 1 aromatic rings. The third kappa shape index (κ3) is 1.83. The second-order valence-corrected chi connectivity index (χ2v) is 5.85. The van der Waals surface area contributed by atoms with E-state index in [9.17, 15) is 0 Å². The Morgan fingerprint density at radius 2 is 2.17 bits per heavy atom. The summed E-state index contributed by atoms with van der Waals surface area (Å²) in [6.07, 6.45) is 5.49. The third-order valence-electron chi connectivity index (χ3n) is 4.64. The summed E-state index contributed by atoms with van der Waals surface area (Å²) in [7, 11) is 0. The lowest BCUT2D eigenvalue weighted by atomic mass is 9.51. The van der Waals surface area contributed by atoms with Crippen LogP contribution in [0.5, 0.6) is 0 Å². The van der Waals surface area contributed by atoms with Gasteiger partial charge < -0.3 is 10.1 Å². The first kappa shape index (κ1) is 12.3. The molecule has 2 aliphatic rings. The van der Waals surface area contributed by atoms with Crippen molar-refractivity contribution >= 4 is 17.3 Å². The molecule has 0 amide bonds. The Morgan fingerprint density at radius 1 is 1.39 bits per heavy atom. The van der Waals surface area contributed by atoms with Crippen LogP contribution in [0.2, 0.25) is 5.02 Å². The van der Waals surface area contributed by atoms with Gasteiger partial charge in [-0.25, -0.2) is 0 Å². The van der Waals surface area contributed by atoms with E-state index in [-0.39, 0.29) is 0 Å². The van der Waals surface area contributed by atoms with Crippen molar-refractivity contribution < 1.29 is 4.74 Å². The molecule has 0 saturated heterocycles. The Balaban J connectivity index is 1.70. The number of para-hydroxylation sites is 1. The summed E-state index contributed by atoms with van der Waals surface area (Å²) in [5.74, 6) is 0. The van der Waals surface area contributed by atoms with Gasteiger partial charge in [0.25, 0.3) is 0 Å². The van der Waals surface area contributed by atoms with Crippen LogP contribution in [0.3, 0.4) is 0 Å². The van der Waals surface area contributed by atoms with Crippen molar-refractivity contribution in [3.05, 3.63) is 29.3 Å². The third-order valence-corrected chi connectivity index (χ3v) is 4.97. The van der Waals surface area contributed by atoms with E-state index in [1.54, 1.807) is 0 Å². The predicted octanol–water partition coefficient (Wildman–Crippen LogP) is 4.10. The minimum absolute atomic E-state index is 0.384. The normalized spacial score (nSPS) is 28.6. The molecule has 3 rings (SSSR count). The summed E-state index contributed by atoms with van der Waals surface area (Å²) in [5.41, 5.74) is 1.44. The van der Waals surface area contributed by atoms with Crippen molar-refractivity contribution in [3.63, 3.8) is 0 Å². The molecule has 18 heavy (non-hydrogen) atoms. The van der Waals surface area contributed by atoms with Crippen molar-refractivity contribution in [2.45, 2.75) is 44.8 Å². The molecule has 1 aromatic carbocycles. The van der Waals surface area contributed by atoms with E-state index in [0.717, 1.165) is 23.7 Å². The molecule has 0 aliphatic heterocycles. The fraction of sp³-hybridized carbons (Fsp3) is 0.600. The first-order valence-corrected chi connectivity index (χ1v) is 7.27. The zero-order valence-electron chi connectivity index (χ0n) is 10.8. The topological polar surface area (TPSA) is 21.3 Å². The van der Waals surface area contributed by atoms with Crippen molar-refractivity contribution in [2.24, 2.45) is 5.41 Å². The smallest absolute Gasteiger partial charge is 0.0670 e. The summed E-state index contributed by atoms with van der Waals surface area (Å²) in [6, 6.07) is 8.53. The molecule has 2 nitrogen and oxygen atoms in total. The lowest BCUT2D eigenvalue weighted by Crippen LogP contribution is -2.64. The highest BCUT2D eigenvalue weighted by atomic mass is 35.5. The van der Waals surface area contributed by atoms with Gasteiger partial charge in [-0.3, -0.25) is 0 Å². The number of nitrogens with one attached hydrogen (secondary N) is 1. The molecule has 2 aliphatic carbocycles. The van der Waals surface area contributed by atoms with Crippen LogP contribution in [0, 0.1) is 5.41 Å². The van der Waals surface area contributed by atoms with E-state index >= 15 is 0 Å². The van der Waals surface area contributed by atoms with E-state index < -0.39 is 0 Å². The Labute approximate surface area is 114 Å². The molecule has 0 heterocycles. The first-order valence-electron chi connectivity index (χ1n) is 6.89. The molecule has 2 atom stereocenters. The van der Waals surface area contributed by atoms with Gasteiger partial charge in [0.15, 0.2) is 0 Å². The number of ether oxygens (including phenoxy) is 1.